The Balaban J connectivity index is 1.36. The summed E-state index contributed by atoms with van der Waals surface area (Å²) in [5, 5.41) is 4.04. The molecule has 0 saturated heterocycles. The third kappa shape index (κ3) is 3.64. The highest BCUT2D eigenvalue weighted by Gasteiger charge is 2.55. The first-order chi connectivity index (χ1) is 16.0. The van der Waals surface area contributed by atoms with Crippen LogP contribution in [0.2, 0.25) is 0 Å². The van der Waals surface area contributed by atoms with E-state index in [2.05, 4.69) is 5.32 Å². The molecule has 0 radical (unpaired) electrons. The molecule has 2 heterocycles. The summed E-state index contributed by atoms with van der Waals surface area (Å²) in [5.74, 6) is 0.781. The lowest BCUT2D eigenvalue weighted by molar-refractivity contribution is -0.116. The molecule has 8 heteroatoms. The molecule has 33 heavy (non-hydrogen) atoms. The van der Waals surface area contributed by atoms with E-state index in [0.29, 0.717) is 28.7 Å². The number of carbonyl (C=O) groups is 1. The van der Waals surface area contributed by atoms with Crippen LogP contribution >= 0.6 is 23.1 Å². The van der Waals surface area contributed by atoms with Crippen LogP contribution < -0.4 is 10.2 Å². The van der Waals surface area contributed by atoms with Crippen LogP contribution in [0.25, 0.3) is 0 Å². The number of aromatic nitrogens is 1. The number of nitrogens with zero attached hydrogens (tertiary/aromatic N) is 1. The van der Waals surface area contributed by atoms with Gasteiger partial charge >= 0.3 is 4.87 Å². The average Bonchev–Trinajstić information content (AvgIpc) is 3.49. The van der Waals surface area contributed by atoms with Crippen molar-refractivity contribution in [1.82, 2.24) is 4.57 Å². The SMILES string of the molecule is O=C(Cn1c2c(sc1=O)[C@@H](c1ccc(F)cc1)C1C3CCC(C3)C1S2)Nc1ccc(F)cc1. The third-order valence-electron chi connectivity index (χ3n) is 7.35. The van der Waals surface area contributed by atoms with Gasteiger partial charge in [-0.25, -0.2) is 8.78 Å². The number of fused-ring (bicyclic) bond motifs is 6. The fourth-order valence-corrected chi connectivity index (χ4v) is 9.16. The first-order valence-electron chi connectivity index (χ1n) is 11.2. The monoisotopic (exact) mass is 484 g/mol. The number of hydrogen-bond donors (Lipinski definition) is 1. The third-order valence-corrected chi connectivity index (χ3v) is 10.2. The van der Waals surface area contributed by atoms with Gasteiger partial charge in [-0.2, -0.15) is 0 Å². The zero-order chi connectivity index (χ0) is 22.7. The topological polar surface area (TPSA) is 51.1 Å². The maximum absolute atomic E-state index is 13.7. The minimum atomic E-state index is -0.375. The van der Waals surface area contributed by atoms with Crippen molar-refractivity contribution in [1.29, 1.82) is 0 Å². The summed E-state index contributed by atoms with van der Waals surface area (Å²) in [5.41, 5.74) is 1.54. The van der Waals surface area contributed by atoms with Gasteiger partial charge < -0.3 is 5.32 Å². The Labute approximate surface area is 198 Å². The molecule has 1 aliphatic heterocycles. The van der Waals surface area contributed by atoms with Gasteiger partial charge in [-0.1, -0.05) is 23.5 Å². The van der Waals surface area contributed by atoms with E-state index in [9.17, 15) is 18.4 Å². The predicted molar refractivity (Wildman–Crippen MR) is 126 cm³/mol. The Morgan fingerprint density at radius 3 is 2.39 bits per heavy atom. The molecule has 3 aromatic rings. The second-order valence-electron chi connectivity index (χ2n) is 9.20. The van der Waals surface area contributed by atoms with Crippen LogP contribution in [-0.2, 0) is 11.3 Å². The Morgan fingerprint density at radius 2 is 1.67 bits per heavy atom. The highest BCUT2D eigenvalue weighted by Crippen LogP contribution is 2.63. The minimum absolute atomic E-state index is 0.0567. The van der Waals surface area contributed by atoms with Gasteiger partial charge in [0.1, 0.15) is 18.2 Å². The molecule has 2 saturated carbocycles. The Morgan fingerprint density at radius 1 is 1.00 bits per heavy atom. The summed E-state index contributed by atoms with van der Waals surface area (Å²) in [4.78, 5) is 26.6. The van der Waals surface area contributed by atoms with E-state index in [1.54, 1.807) is 16.3 Å². The van der Waals surface area contributed by atoms with Crippen molar-refractivity contribution >= 4 is 34.7 Å². The number of hydrogen-bond acceptors (Lipinski definition) is 4. The van der Waals surface area contributed by atoms with E-state index in [0.717, 1.165) is 15.5 Å². The van der Waals surface area contributed by atoms with Crippen molar-refractivity contribution in [2.75, 3.05) is 5.32 Å². The highest BCUT2D eigenvalue weighted by atomic mass is 32.2. The van der Waals surface area contributed by atoms with Crippen LogP contribution in [0, 0.1) is 29.4 Å². The van der Waals surface area contributed by atoms with Crippen LogP contribution in [0.3, 0.4) is 0 Å². The molecule has 6 rings (SSSR count). The molecule has 2 aliphatic carbocycles. The Bertz CT molecular complexity index is 1270. The number of carbonyl (C=O) groups excluding carboxylic acids is 1. The summed E-state index contributed by atoms with van der Waals surface area (Å²) in [7, 11) is 0. The van der Waals surface area contributed by atoms with Gasteiger partial charge in [0.2, 0.25) is 5.91 Å². The number of nitrogens with one attached hydrogen (secondary N) is 1. The molecular weight excluding hydrogens is 462 g/mol. The summed E-state index contributed by atoms with van der Waals surface area (Å²) in [6, 6.07) is 12.2. The van der Waals surface area contributed by atoms with Crippen molar-refractivity contribution in [2.24, 2.45) is 17.8 Å². The van der Waals surface area contributed by atoms with Crippen LogP contribution in [0.4, 0.5) is 14.5 Å². The van der Waals surface area contributed by atoms with E-state index in [4.69, 9.17) is 0 Å². The second-order valence-corrected chi connectivity index (χ2v) is 11.4. The lowest BCUT2D eigenvalue weighted by Crippen LogP contribution is -2.34. The number of thioether (sulfide) groups is 1. The fraction of sp³-hybridized carbons (Fsp3) is 0.360. The summed E-state index contributed by atoms with van der Waals surface area (Å²) >= 11 is 2.97. The number of benzene rings is 2. The van der Waals surface area contributed by atoms with Gasteiger partial charge in [0.15, 0.2) is 0 Å². The Kier molecular flexibility index (Phi) is 5.18. The van der Waals surface area contributed by atoms with Gasteiger partial charge in [-0.05, 0) is 79.0 Å². The first kappa shape index (κ1) is 21.1. The maximum Gasteiger partial charge on any atom is 0.308 e. The van der Waals surface area contributed by atoms with E-state index in [1.165, 1.54) is 67.0 Å². The van der Waals surface area contributed by atoms with Crippen molar-refractivity contribution in [2.45, 2.75) is 42.0 Å². The molecule has 2 bridgehead atoms. The van der Waals surface area contributed by atoms with E-state index < -0.39 is 0 Å². The van der Waals surface area contributed by atoms with Crippen LogP contribution in [-0.4, -0.2) is 15.7 Å². The zero-order valence-corrected chi connectivity index (χ0v) is 19.3. The molecule has 1 aromatic heterocycles. The average molecular weight is 485 g/mol. The lowest BCUT2D eigenvalue weighted by atomic mass is 9.75. The standard InChI is InChI=1S/C25H22F2N2O2S2/c26-16-5-3-13(4-6-16)20-21-14-1-2-15(11-14)22(21)32-24-23(20)33-25(31)29(24)12-19(30)28-18-9-7-17(27)8-10-18/h3-10,14-15,20-22H,1-2,11-12H2,(H,28,30)/t14?,15?,20-,21?,22?/m0/s1. The first-order valence-corrected chi connectivity index (χ1v) is 12.9. The molecule has 5 atom stereocenters. The van der Waals surface area contributed by atoms with Gasteiger partial charge in [0, 0.05) is 21.7 Å². The molecule has 2 aromatic carbocycles. The second kappa shape index (κ2) is 8.09. The quantitative estimate of drug-likeness (QED) is 0.534. The fourth-order valence-electron chi connectivity index (χ4n) is 6.01. The molecular formula is C25H22F2N2O2S2. The van der Waals surface area contributed by atoms with E-state index in [1.807, 2.05) is 12.1 Å². The minimum Gasteiger partial charge on any atom is -0.325 e. The number of amides is 1. The summed E-state index contributed by atoms with van der Waals surface area (Å²) in [6.45, 7) is -0.0866. The normalized spacial score (nSPS) is 27.3. The number of thiazole rings is 1. The summed E-state index contributed by atoms with van der Waals surface area (Å²) < 4.78 is 28.4. The number of halogens is 2. The number of rotatable bonds is 4. The molecule has 4 unspecified atom stereocenters. The number of anilines is 1. The van der Waals surface area contributed by atoms with E-state index in [-0.39, 0.29) is 34.9 Å². The van der Waals surface area contributed by atoms with E-state index >= 15 is 0 Å². The van der Waals surface area contributed by atoms with Crippen LogP contribution in [0.1, 0.15) is 35.6 Å². The van der Waals surface area contributed by atoms with Gasteiger partial charge in [0.05, 0.1) is 5.03 Å². The van der Waals surface area contributed by atoms with Crippen molar-refractivity contribution in [3.05, 3.63) is 80.3 Å². The van der Waals surface area contributed by atoms with Crippen molar-refractivity contribution in [3.8, 4) is 0 Å². The highest BCUT2D eigenvalue weighted by molar-refractivity contribution is 8.00. The smallest absolute Gasteiger partial charge is 0.308 e. The molecule has 170 valence electrons. The van der Waals surface area contributed by atoms with Gasteiger partial charge in [-0.15, -0.1) is 11.8 Å². The predicted octanol–water partition coefficient (Wildman–Crippen LogP) is 5.48. The zero-order valence-electron chi connectivity index (χ0n) is 17.7. The maximum atomic E-state index is 13.7. The van der Waals surface area contributed by atoms with Gasteiger partial charge in [-0.3, -0.25) is 14.2 Å². The molecule has 3 aliphatic rings. The van der Waals surface area contributed by atoms with Crippen molar-refractivity contribution in [3.63, 3.8) is 0 Å². The van der Waals surface area contributed by atoms with Crippen LogP contribution in [0.5, 0.6) is 0 Å². The Hall–Kier alpha value is -2.45. The summed E-state index contributed by atoms with van der Waals surface area (Å²) in [6.07, 6.45) is 3.64. The lowest BCUT2D eigenvalue weighted by Gasteiger charge is -2.40. The molecule has 0 spiro atoms. The molecule has 1 N–H and O–H groups in total. The largest absolute Gasteiger partial charge is 0.325 e. The molecule has 2 fully saturated rings. The van der Waals surface area contributed by atoms with Crippen molar-refractivity contribution < 1.29 is 13.6 Å². The van der Waals surface area contributed by atoms with Gasteiger partial charge in [0.25, 0.3) is 0 Å². The molecule has 1 amide bonds. The molecule has 4 nitrogen and oxygen atoms in total. The van der Waals surface area contributed by atoms with Crippen LogP contribution in [0.15, 0.2) is 58.4 Å².